The number of ether oxygens (including phenoxy) is 1. The highest BCUT2D eigenvalue weighted by molar-refractivity contribution is 5.87. The molecule has 5 nitrogen and oxygen atoms in total. The number of nitrogens with two attached hydrogens (primary N) is 3. The molecule has 0 spiro atoms. The van der Waals surface area contributed by atoms with Gasteiger partial charge in [-0.3, -0.25) is 11.5 Å². The smallest absolute Gasteiger partial charge is 0.335 e. The molecule has 0 radical (unpaired) electrons. The lowest BCUT2D eigenvalue weighted by molar-refractivity contribution is -0.152. The summed E-state index contributed by atoms with van der Waals surface area (Å²) in [6.45, 7) is 4.71. The molecule has 0 unspecified atom stereocenters. The number of rotatable bonds is 3. The van der Waals surface area contributed by atoms with Crippen molar-refractivity contribution in [1.82, 2.24) is 0 Å². The van der Waals surface area contributed by atoms with Crippen molar-refractivity contribution in [2.45, 2.75) is 12.8 Å². The SMILES string of the molecule is C=C(C)C(=O)OC(N)(N)CN. The molecule has 64 valence electrons. The van der Waals surface area contributed by atoms with E-state index in [9.17, 15) is 4.79 Å². The Bertz CT molecular complexity index is 177. The van der Waals surface area contributed by atoms with Gasteiger partial charge in [0.1, 0.15) is 0 Å². The molecule has 0 aliphatic heterocycles. The molecule has 6 N–H and O–H groups in total. The van der Waals surface area contributed by atoms with Crippen LogP contribution >= 0.6 is 0 Å². The summed E-state index contributed by atoms with van der Waals surface area (Å²) < 4.78 is 4.54. The van der Waals surface area contributed by atoms with Crippen LogP contribution in [0.25, 0.3) is 0 Å². The van der Waals surface area contributed by atoms with Crippen LogP contribution in [0.2, 0.25) is 0 Å². The summed E-state index contributed by atoms with van der Waals surface area (Å²) in [5.74, 6) is -2.23. The van der Waals surface area contributed by atoms with Crippen LogP contribution in [-0.4, -0.2) is 18.4 Å². The fourth-order valence-electron chi connectivity index (χ4n) is 0.301. The highest BCUT2D eigenvalue weighted by atomic mass is 16.6. The number of hydrogen-bond donors (Lipinski definition) is 3. The monoisotopic (exact) mass is 159 g/mol. The van der Waals surface area contributed by atoms with Gasteiger partial charge in [-0.05, 0) is 6.92 Å². The maximum Gasteiger partial charge on any atom is 0.335 e. The number of esters is 1. The Morgan fingerprint density at radius 2 is 2.09 bits per heavy atom. The van der Waals surface area contributed by atoms with Gasteiger partial charge < -0.3 is 10.5 Å². The van der Waals surface area contributed by atoms with Crippen molar-refractivity contribution in [3.8, 4) is 0 Å². The van der Waals surface area contributed by atoms with Gasteiger partial charge in [0, 0.05) is 5.57 Å². The van der Waals surface area contributed by atoms with E-state index in [1.54, 1.807) is 0 Å². The van der Waals surface area contributed by atoms with E-state index in [2.05, 4.69) is 11.3 Å². The van der Waals surface area contributed by atoms with E-state index in [0.717, 1.165) is 0 Å². The van der Waals surface area contributed by atoms with Crippen molar-refractivity contribution in [2.75, 3.05) is 6.54 Å². The number of carbonyl (C=O) groups excluding carboxylic acids is 1. The highest BCUT2D eigenvalue weighted by Crippen LogP contribution is 1.97. The normalized spacial score (nSPS) is 10.9. The summed E-state index contributed by atoms with van der Waals surface area (Å²) in [4.78, 5) is 10.8. The van der Waals surface area contributed by atoms with Gasteiger partial charge in [0.2, 0.25) is 5.85 Å². The highest BCUT2D eigenvalue weighted by Gasteiger charge is 2.21. The second kappa shape index (κ2) is 3.47. The minimum Gasteiger partial charge on any atom is -0.426 e. The van der Waals surface area contributed by atoms with Gasteiger partial charge >= 0.3 is 5.97 Å². The van der Waals surface area contributed by atoms with Crippen molar-refractivity contribution in [2.24, 2.45) is 17.2 Å². The van der Waals surface area contributed by atoms with Crippen LogP contribution in [0.1, 0.15) is 6.92 Å². The topological polar surface area (TPSA) is 104 Å². The van der Waals surface area contributed by atoms with Crippen LogP contribution in [0.4, 0.5) is 0 Å². The molecule has 0 rings (SSSR count). The van der Waals surface area contributed by atoms with Crippen molar-refractivity contribution < 1.29 is 9.53 Å². The van der Waals surface area contributed by atoms with Crippen molar-refractivity contribution in [1.29, 1.82) is 0 Å². The second-order valence-corrected chi connectivity index (χ2v) is 2.33. The molecular formula is C6H13N3O2. The molecule has 0 aromatic rings. The Labute approximate surface area is 65.2 Å². The van der Waals surface area contributed by atoms with E-state index in [0.29, 0.717) is 0 Å². The Hall–Kier alpha value is -0.910. The number of carbonyl (C=O) groups is 1. The van der Waals surface area contributed by atoms with E-state index in [-0.39, 0.29) is 12.1 Å². The van der Waals surface area contributed by atoms with E-state index in [1.807, 2.05) is 0 Å². The fraction of sp³-hybridized carbons (Fsp3) is 0.500. The Kier molecular flexibility index (Phi) is 3.18. The lowest BCUT2D eigenvalue weighted by Gasteiger charge is -2.22. The summed E-state index contributed by atoms with van der Waals surface area (Å²) in [5, 5.41) is 0. The van der Waals surface area contributed by atoms with Crippen LogP contribution in [0.3, 0.4) is 0 Å². The minimum absolute atomic E-state index is 0.133. The summed E-state index contributed by atoms with van der Waals surface area (Å²) >= 11 is 0. The van der Waals surface area contributed by atoms with E-state index >= 15 is 0 Å². The average Bonchev–Trinajstić information content (AvgIpc) is 1.87. The predicted octanol–water partition coefficient (Wildman–Crippen LogP) is -1.36. The molecule has 11 heavy (non-hydrogen) atoms. The van der Waals surface area contributed by atoms with Crippen molar-refractivity contribution >= 4 is 5.97 Å². The molecule has 0 bridgehead atoms. The molecule has 0 amide bonds. The Morgan fingerprint density at radius 3 is 2.36 bits per heavy atom. The molecule has 0 atom stereocenters. The quantitative estimate of drug-likeness (QED) is 0.268. The summed E-state index contributed by atoms with van der Waals surface area (Å²) in [5.41, 5.74) is 15.8. The van der Waals surface area contributed by atoms with Crippen LogP contribution < -0.4 is 17.2 Å². The molecule has 0 aliphatic carbocycles. The lowest BCUT2D eigenvalue weighted by atomic mass is 10.3. The van der Waals surface area contributed by atoms with Gasteiger partial charge in [0.25, 0.3) is 0 Å². The first-order valence-electron chi connectivity index (χ1n) is 3.06. The van der Waals surface area contributed by atoms with E-state index < -0.39 is 11.8 Å². The zero-order valence-electron chi connectivity index (χ0n) is 6.46. The van der Waals surface area contributed by atoms with Crippen molar-refractivity contribution in [3.05, 3.63) is 12.2 Å². The zero-order chi connectivity index (χ0) is 9.07. The van der Waals surface area contributed by atoms with Gasteiger partial charge in [-0.25, -0.2) is 4.79 Å². The van der Waals surface area contributed by atoms with Crippen molar-refractivity contribution in [3.63, 3.8) is 0 Å². The predicted molar refractivity (Wildman–Crippen MR) is 41.1 cm³/mol. The van der Waals surface area contributed by atoms with Crippen LogP contribution in [0.15, 0.2) is 12.2 Å². The van der Waals surface area contributed by atoms with E-state index in [1.165, 1.54) is 6.92 Å². The maximum atomic E-state index is 10.8. The Morgan fingerprint density at radius 1 is 1.64 bits per heavy atom. The standard InChI is InChI=1S/C6H13N3O2/c1-4(2)5(10)11-6(8,9)3-7/h1,3,7-9H2,2H3. The average molecular weight is 159 g/mol. The maximum absolute atomic E-state index is 10.8. The second-order valence-electron chi connectivity index (χ2n) is 2.33. The molecule has 0 heterocycles. The van der Waals surface area contributed by atoms with Gasteiger partial charge in [-0.2, -0.15) is 0 Å². The first kappa shape index (κ1) is 10.1. The largest absolute Gasteiger partial charge is 0.426 e. The first-order chi connectivity index (χ1) is 4.89. The molecule has 0 saturated carbocycles. The van der Waals surface area contributed by atoms with Gasteiger partial charge in [-0.1, -0.05) is 6.58 Å². The molecule has 0 fully saturated rings. The minimum atomic E-state index is -1.59. The van der Waals surface area contributed by atoms with E-state index in [4.69, 9.17) is 17.2 Å². The van der Waals surface area contributed by atoms with Gasteiger partial charge in [0.05, 0.1) is 6.54 Å². The third-order valence-electron chi connectivity index (χ3n) is 0.950. The molecule has 0 saturated heterocycles. The lowest BCUT2D eigenvalue weighted by Crippen LogP contribution is -2.58. The summed E-state index contributed by atoms with van der Waals surface area (Å²) in [6, 6.07) is 0. The third-order valence-corrected chi connectivity index (χ3v) is 0.950. The van der Waals surface area contributed by atoms with Gasteiger partial charge in [0.15, 0.2) is 0 Å². The van der Waals surface area contributed by atoms with Crippen LogP contribution in [-0.2, 0) is 9.53 Å². The van der Waals surface area contributed by atoms with Crippen LogP contribution in [0.5, 0.6) is 0 Å². The summed E-state index contributed by atoms with van der Waals surface area (Å²) in [6.07, 6.45) is 0. The fourth-order valence-corrected chi connectivity index (χ4v) is 0.301. The molecule has 0 aromatic heterocycles. The molecular weight excluding hydrogens is 146 g/mol. The molecule has 0 aliphatic rings. The van der Waals surface area contributed by atoms with Crippen LogP contribution in [0, 0.1) is 0 Å². The number of hydrogen-bond acceptors (Lipinski definition) is 5. The molecule has 5 heteroatoms. The van der Waals surface area contributed by atoms with Gasteiger partial charge in [-0.15, -0.1) is 0 Å². The third kappa shape index (κ3) is 3.72. The molecule has 0 aromatic carbocycles. The zero-order valence-corrected chi connectivity index (χ0v) is 6.46. The Balaban J connectivity index is 4.04. The first-order valence-corrected chi connectivity index (χ1v) is 3.06. The summed E-state index contributed by atoms with van der Waals surface area (Å²) in [7, 11) is 0.